The molecule has 1 unspecified atom stereocenters. The predicted molar refractivity (Wildman–Crippen MR) is 106 cm³/mol. The molecular weight excluding hydrogens is 380 g/mol. The molecule has 0 spiro atoms. The molecule has 2 aromatic rings. The largest absolute Gasteiger partial charge is 0.291 e. The maximum absolute atomic E-state index is 14.1. The highest BCUT2D eigenvalue weighted by atomic mass is 32.3. The van der Waals surface area contributed by atoms with E-state index in [2.05, 4.69) is 3.77 Å². The first-order chi connectivity index (χ1) is 12.8. The minimum absolute atomic E-state index is 0.0813. The lowest BCUT2D eigenvalue weighted by Gasteiger charge is -2.13. The summed E-state index contributed by atoms with van der Waals surface area (Å²) in [7, 11) is -7.25. The second-order valence-corrected chi connectivity index (χ2v) is 11.4. The third-order valence-corrected chi connectivity index (χ3v) is 9.85. The van der Waals surface area contributed by atoms with Crippen molar-refractivity contribution < 1.29 is 12.6 Å². The van der Waals surface area contributed by atoms with Crippen LogP contribution >= 0.6 is 0 Å². The van der Waals surface area contributed by atoms with E-state index in [0.717, 1.165) is 36.8 Å². The summed E-state index contributed by atoms with van der Waals surface area (Å²) in [5.41, 5.74) is 2.00. The van der Waals surface area contributed by atoms with Crippen molar-refractivity contribution in [3.8, 4) is 0 Å². The van der Waals surface area contributed by atoms with Gasteiger partial charge in [-0.1, -0.05) is 52.0 Å². The Kier molecular flexibility index (Phi) is 4.64. The van der Waals surface area contributed by atoms with Crippen molar-refractivity contribution >= 4 is 19.9 Å². The zero-order chi connectivity index (χ0) is 19.2. The molecule has 2 aliphatic rings. The number of fused-ring (bicyclic) bond motifs is 1. The van der Waals surface area contributed by atoms with Crippen molar-refractivity contribution in [2.75, 3.05) is 0 Å². The van der Waals surface area contributed by atoms with Crippen molar-refractivity contribution in [2.24, 2.45) is 3.77 Å². The molecule has 2 aromatic carbocycles. The summed E-state index contributed by atoms with van der Waals surface area (Å²) in [6, 6.07) is 14.1. The van der Waals surface area contributed by atoms with Crippen molar-refractivity contribution in [1.29, 1.82) is 0 Å². The zero-order valence-corrected chi connectivity index (χ0v) is 17.2. The fourth-order valence-corrected chi connectivity index (χ4v) is 8.27. The molecule has 7 heteroatoms. The maximum Gasteiger partial charge on any atom is 0.291 e. The van der Waals surface area contributed by atoms with Crippen LogP contribution in [0.2, 0.25) is 0 Å². The molecule has 0 aromatic heterocycles. The van der Waals surface area contributed by atoms with Crippen LogP contribution in [-0.2, 0) is 19.9 Å². The highest BCUT2D eigenvalue weighted by molar-refractivity contribution is 8.02. The van der Waals surface area contributed by atoms with Crippen LogP contribution in [0, 0.1) is 13.8 Å². The first kappa shape index (κ1) is 18.7. The van der Waals surface area contributed by atoms with Crippen molar-refractivity contribution in [3.63, 3.8) is 0 Å². The maximum atomic E-state index is 14.1. The van der Waals surface area contributed by atoms with E-state index < -0.39 is 19.9 Å². The Bertz CT molecular complexity index is 1060. The molecule has 0 bridgehead atoms. The van der Waals surface area contributed by atoms with Crippen LogP contribution in [0.3, 0.4) is 0 Å². The second kappa shape index (κ2) is 6.72. The standard InChI is InChI=1S/C20H24N2O3S2/c1-15-7-11-17(12-8-15)26(23,22-19-5-3-4-6-20(19)22)21-27(24,25)18-13-9-16(2)10-14-18/h7-14,19-20H,3-6H2,1-2H3/t19-,20-,26?/m0/s1. The Labute approximate surface area is 161 Å². The molecule has 0 radical (unpaired) electrons. The van der Waals surface area contributed by atoms with Gasteiger partial charge in [-0.25, -0.2) is 8.51 Å². The number of nitrogens with zero attached hydrogens (tertiary/aromatic N) is 2. The van der Waals surface area contributed by atoms with Crippen molar-refractivity contribution in [1.82, 2.24) is 4.31 Å². The molecule has 1 aliphatic carbocycles. The summed E-state index contributed by atoms with van der Waals surface area (Å²) in [5.74, 6) is 0. The van der Waals surface area contributed by atoms with E-state index in [1.807, 2.05) is 30.3 Å². The first-order valence-corrected chi connectivity index (χ1v) is 12.2. The molecule has 5 nitrogen and oxygen atoms in total. The van der Waals surface area contributed by atoms with Gasteiger partial charge in [0.2, 0.25) is 0 Å². The summed E-state index contributed by atoms with van der Waals surface area (Å²) < 4.78 is 45.9. The van der Waals surface area contributed by atoms with Gasteiger partial charge >= 0.3 is 0 Å². The summed E-state index contributed by atoms with van der Waals surface area (Å²) >= 11 is 0. The average molecular weight is 405 g/mol. The third-order valence-electron chi connectivity index (χ3n) is 5.39. The molecule has 27 heavy (non-hydrogen) atoms. The van der Waals surface area contributed by atoms with Gasteiger partial charge < -0.3 is 0 Å². The smallest absolute Gasteiger partial charge is 0.227 e. The molecular formula is C20H24N2O3S2. The molecule has 144 valence electrons. The number of hydrogen-bond donors (Lipinski definition) is 0. The van der Waals surface area contributed by atoms with Gasteiger partial charge in [0.25, 0.3) is 10.0 Å². The lowest BCUT2D eigenvalue weighted by atomic mass is 10.0. The molecule has 0 amide bonds. The van der Waals surface area contributed by atoms with Crippen molar-refractivity contribution in [2.45, 2.75) is 61.4 Å². The number of benzene rings is 2. The molecule has 1 aliphatic heterocycles. The number of sulfonamides is 1. The summed E-state index contributed by atoms with van der Waals surface area (Å²) in [4.78, 5) is 0.552. The zero-order valence-electron chi connectivity index (χ0n) is 15.5. The Morgan fingerprint density at radius 1 is 0.778 bits per heavy atom. The van der Waals surface area contributed by atoms with E-state index in [0.29, 0.717) is 4.90 Å². The van der Waals surface area contributed by atoms with Gasteiger partial charge in [-0.05, 0) is 51.0 Å². The first-order valence-electron chi connectivity index (χ1n) is 9.26. The third kappa shape index (κ3) is 3.44. The Hall–Kier alpha value is -1.70. The van der Waals surface area contributed by atoms with Crippen molar-refractivity contribution in [3.05, 3.63) is 59.7 Å². The lowest BCUT2D eigenvalue weighted by molar-refractivity contribution is 0.571. The number of aryl methyl sites for hydroxylation is 2. The summed E-state index contributed by atoms with van der Waals surface area (Å²) in [5, 5.41) is 0. The van der Waals surface area contributed by atoms with Crippen LogP contribution in [-0.4, -0.2) is 29.0 Å². The van der Waals surface area contributed by atoms with Gasteiger partial charge in [-0.2, -0.15) is 8.42 Å². The van der Waals surface area contributed by atoms with Crippen LogP contribution in [0.1, 0.15) is 36.8 Å². The Balaban J connectivity index is 1.85. The van der Waals surface area contributed by atoms with E-state index >= 15 is 0 Å². The average Bonchev–Trinajstić information content (AvgIpc) is 3.37. The van der Waals surface area contributed by atoms with Crippen LogP contribution in [0.4, 0.5) is 0 Å². The normalized spacial score (nSPS) is 26.7. The summed E-state index contributed by atoms with van der Waals surface area (Å²) in [6.45, 7) is 3.84. The Morgan fingerprint density at radius 3 is 1.70 bits per heavy atom. The van der Waals surface area contributed by atoms with E-state index in [4.69, 9.17) is 0 Å². The van der Waals surface area contributed by atoms with Gasteiger partial charge in [0.05, 0.1) is 9.79 Å². The SMILES string of the molecule is Cc1ccc(S(=O)(=O)N=S(=O)(c2ccc(C)cc2)N2[C@H]3CCCC[C@@H]32)cc1. The molecule has 2 fully saturated rings. The highest BCUT2D eigenvalue weighted by Gasteiger charge is 2.55. The topological polar surface area (TPSA) is 66.6 Å². The molecule has 1 saturated heterocycles. The van der Waals surface area contributed by atoms with Gasteiger partial charge in [0.1, 0.15) is 0 Å². The van der Waals surface area contributed by atoms with Gasteiger partial charge in [0, 0.05) is 12.1 Å². The highest BCUT2D eigenvalue weighted by Crippen LogP contribution is 2.46. The molecule has 4 rings (SSSR count). The van der Waals surface area contributed by atoms with Crippen LogP contribution < -0.4 is 0 Å². The van der Waals surface area contributed by atoms with Gasteiger partial charge in [-0.3, -0.25) is 0 Å². The van der Waals surface area contributed by atoms with E-state index in [-0.39, 0.29) is 17.0 Å². The second-order valence-electron chi connectivity index (χ2n) is 7.45. The van der Waals surface area contributed by atoms with Gasteiger partial charge in [0.15, 0.2) is 9.92 Å². The molecule has 0 N–H and O–H groups in total. The number of hydrogen-bond acceptors (Lipinski definition) is 3. The van der Waals surface area contributed by atoms with Crippen LogP contribution in [0.25, 0.3) is 0 Å². The van der Waals surface area contributed by atoms with Gasteiger partial charge in [-0.15, -0.1) is 0 Å². The van der Waals surface area contributed by atoms with E-state index in [9.17, 15) is 12.6 Å². The van der Waals surface area contributed by atoms with E-state index in [1.54, 1.807) is 24.3 Å². The quantitative estimate of drug-likeness (QED) is 0.722. The Morgan fingerprint density at radius 2 is 1.22 bits per heavy atom. The minimum Gasteiger partial charge on any atom is -0.227 e. The lowest BCUT2D eigenvalue weighted by Crippen LogP contribution is -2.18. The molecule has 3 atom stereocenters. The van der Waals surface area contributed by atoms with Crippen LogP contribution in [0.5, 0.6) is 0 Å². The predicted octanol–water partition coefficient (Wildman–Crippen LogP) is 4.06. The van der Waals surface area contributed by atoms with E-state index in [1.165, 1.54) is 12.1 Å². The number of rotatable bonds is 4. The minimum atomic E-state index is -4.03. The fraction of sp³-hybridized carbons (Fsp3) is 0.400. The monoisotopic (exact) mass is 404 g/mol. The fourth-order valence-electron chi connectivity index (χ4n) is 3.83. The summed E-state index contributed by atoms with van der Waals surface area (Å²) in [6.07, 6.45) is 4.08. The van der Waals surface area contributed by atoms with Crippen LogP contribution in [0.15, 0.2) is 62.1 Å². The molecule has 1 saturated carbocycles. The molecule has 1 heterocycles.